The fraction of sp³-hybridized carbons (Fsp3) is 1.00. The van der Waals surface area contributed by atoms with Crippen LogP contribution in [0.1, 0.15) is 94.9 Å². The average molecular weight is 351 g/mol. The minimum Gasteiger partial charge on any atom is -0.396 e. The molecule has 152 valence electrons. The van der Waals surface area contributed by atoms with E-state index in [1.807, 2.05) is 6.92 Å². The molecule has 0 rings (SSSR count). The lowest BCUT2D eigenvalue weighted by atomic mass is 9.88. The predicted molar refractivity (Wildman–Crippen MR) is 109 cm³/mol. The molecule has 0 aliphatic heterocycles. The first-order valence-corrected chi connectivity index (χ1v) is 9.88. The third-order valence-corrected chi connectivity index (χ3v) is 4.21. The lowest BCUT2D eigenvalue weighted by Crippen LogP contribution is -2.32. The quantitative estimate of drug-likeness (QED) is 0.567. The van der Waals surface area contributed by atoms with Gasteiger partial charge in [-0.3, -0.25) is 0 Å². The molecule has 0 aromatic heterocycles. The van der Waals surface area contributed by atoms with Crippen LogP contribution in [0, 0.1) is 23.2 Å². The first-order valence-electron chi connectivity index (χ1n) is 9.88. The number of aliphatic hydroxyl groups is 3. The van der Waals surface area contributed by atoms with E-state index in [2.05, 4.69) is 62.3 Å². The Morgan fingerprint density at radius 2 is 0.708 bits per heavy atom. The Morgan fingerprint density at radius 1 is 0.542 bits per heavy atom. The second-order valence-electron chi connectivity index (χ2n) is 7.73. The van der Waals surface area contributed by atoms with Crippen LogP contribution in [0.25, 0.3) is 0 Å². The summed E-state index contributed by atoms with van der Waals surface area (Å²) in [5, 5.41) is 26.0. The van der Waals surface area contributed by atoms with Crippen LogP contribution in [0.4, 0.5) is 0 Å². The van der Waals surface area contributed by atoms with Gasteiger partial charge in [0.15, 0.2) is 0 Å². The zero-order valence-corrected chi connectivity index (χ0v) is 18.5. The van der Waals surface area contributed by atoms with Crippen molar-refractivity contribution in [2.24, 2.45) is 23.2 Å². The molecule has 3 heteroatoms. The van der Waals surface area contributed by atoms with Crippen LogP contribution in [0.15, 0.2) is 0 Å². The standard InChI is InChI=1S/C6H14O3.3C5H12/c1-2-6(3-7,4-8)5-9;3*1-4-5(2)3/h7-9H,2-5H2,1H3;3*5H,4H2,1-3H3. The van der Waals surface area contributed by atoms with Crippen molar-refractivity contribution < 1.29 is 15.3 Å². The maximum Gasteiger partial charge on any atom is 0.0531 e. The maximum absolute atomic E-state index is 8.66. The Hall–Kier alpha value is -0.120. The van der Waals surface area contributed by atoms with Gasteiger partial charge in [-0.25, -0.2) is 0 Å². The van der Waals surface area contributed by atoms with Crippen molar-refractivity contribution in [1.29, 1.82) is 0 Å². The highest BCUT2D eigenvalue weighted by Crippen LogP contribution is 2.18. The molecular formula is C21H50O3. The summed E-state index contributed by atoms with van der Waals surface area (Å²) in [5.74, 6) is 2.65. The molecule has 0 saturated heterocycles. The summed E-state index contributed by atoms with van der Waals surface area (Å²) < 4.78 is 0. The SMILES string of the molecule is CCC(C)C.CCC(C)C.CCC(C)C.CCC(CO)(CO)CO. The highest BCUT2D eigenvalue weighted by Gasteiger charge is 2.24. The fourth-order valence-electron chi connectivity index (χ4n) is 0.485. The summed E-state index contributed by atoms with van der Waals surface area (Å²) in [6.07, 6.45) is 4.51. The van der Waals surface area contributed by atoms with E-state index in [9.17, 15) is 0 Å². The van der Waals surface area contributed by atoms with Gasteiger partial charge in [-0.15, -0.1) is 0 Å². The van der Waals surface area contributed by atoms with Crippen molar-refractivity contribution >= 4 is 0 Å². The second kappa shape index (κ2) is 22.9. The van der Waals surface area contributed by atoms with Crippen LogP contribution in [0.5, 0.6) is 0 Å². The predicted octanol–water partition coefficient (Wildman–Crippen LogP) is 5.52. The van der Waals surface area contributed by atoms with E-state index in [0.29, 0.717) is 6.42 Å². The average Bonchev–Trinajstić information content (AvgIpc) is 2.59. The summed E-state index contributed by atoms with van der Waals surface area (Å²) in [6, 6.07) is 0. The van der Waals surface area contributed by atoms with E-state index in [1.165, 1.54) is 19.3 Å². The molecule has 24 heavy (non-hydrogen) atoms. The Kier molecular flexibility index (Phi) is 30.2. The third kappa shape index (κ3) is 29.8. The lowest BCUT2D eigenvalue weighted by molar-refractivity contribution is 0.00304. The van der Waals surface area contributed by atoms with Crippen LogP contribution in [0.3, 0.4) is 0 Å². The summed E-state index contributed by atoms with van der Waals surface area (Å²) in [7, 11) is 0. The van der Waals surface area contributed by atoms with Gasteiger partial charge in [-0.05, 0) is 24.2 Å². The summed E-state index contributed by atoms with van der Waals surface area (Å²) in [5.41, 5.74) is -0.667. The molecule has 0 atom stereocenters. The van der Waals surface area contributed by atoms with Gasteiger partial charge in [0, 0.05) is 5.41 Å². The number of hydrogen-bond donors (Lipinski definition) is 3. The molecule has 0 spiro atoms. The van der Waals surface area contributed by atoms with Crippen LogP contribution >= 0.6 is 0 Å². The van der Waals surface area contributed by atoms with Crippen LogP contribution in [0.2, 0.25) is 0 Å². The normalized spacial score (nSPS) is 10.5. The van der Waals surface area contributed by atoms with Crippen LogP contribution < -0.4 is 0 Å². The molecule has 0 radical (unpaired) electrons. The molecule has 0 fully saturated rings. The minimum atomic E-state index is -0.667. The van der Waals surface area contributed by atoms with Crippen molar-refractivity contribution in [3.63, 3.8) is 0 Å². The van der Waals surface area contributed by atoms with Crippen molar-refractivity contribution in [2.45, 2.75) is 94.9 Å². The highest BCUT2D eigenvalue weighted by atomic mass is 16.3. The van der Waals surface area contributed by atoms with Crippen molar-refractivity contribution in [1.82, 2.24) is 0 Å². The topological polar surface area (TPSA) is 60.7 Å². The molecule has 0 aromatic carbocycles. The molecule has 0 unspecified atom stereocenters. The van der Waals surface area contributed by atoms with Gasteiger partial charge in [0.05, 0.1) is 19.8 Å². The molecule has 0 aliphatic rings. The van der Waals surface area contributed by atoms with Gasteiger partial charge in [-0.2, -0.15) is 0 Å². The number of rotatable bonds is 7. The van der Waals surface area contributed by atoms with E-state index in [-0.39, 0.29) is 19.8 Å². The maximum atomic E-state index is 8.66. The molecule has 3 nitrogen and oxygen atoms in total. The Labute approximate surface area is 153 Å². The summed E-state index contributed by atoms with van der Waals surface area (Å²) >= 11 is 0. The molecular weight excluding hydrogens is 300 g/mol. The summed E-state index contributed by atoms with van der Waals surface area (Å²) in [4.78, 5) is 0. The minimum absolute atomic E-state index is 0.156. The van der Waals surface area contributed by atoms with E-state index < -0.39 is 5.41 Å². The van der Waals surface area contributed by atoms with Crippen molar-refractivity contribution in [2.75, 3.05) is 19.8 Å². The number of aliphatic hydroxyl groups excluding tert-OH is 3. The van der Waals surface area contributed by atoms with E-state index in [1.54, 1.807) is 0 Å². The molecule has 0 heterocycles. The molecule has 0 bridgehead atoms. The Morgan fingerprint density at radius 3 is 0.708 bits per heavy atom. The Balaban J connectivity index is -0.000000116. The summed E-state index contributed by atoms with van der Waals surface area (Å²) in [6.45, 7) is 21.3. The van der Waals surface area contributed by atoms with E-state index >= 15 is 0 Å². The van der Waals surface area contributed by atoms with Crippen molar-refractivity contribution in [3.8, 4) is 0 Å². The third-order valence-electron chi connectivity index (χ3n) is 4.21. The van der Waals surface area contributed by atoms with Gasteiger partial charge in [0.25, 0.3) is 0 Å². The van der Waals surface area contributed by atoms with E-state index in [0.717, 1.165) is 17.8 Å². The Bertz CT molecular complexity index is 161. The van der Waals surface area contributed by atoms with Gasteiger partial charge in [-0.1, -0.05) is 88.5 Å². The fourth-order valence-corrected chi connectivity index (χ4v) is 0.485. The van der Waals surface area contributed by atoms with E-state index in [4.69, 9.17) is 15.3 Å². The molecule has 0 amide bonds. The zero-order chi connectivity index (χ0) is 20.2. The zero-order valence-electron chi connectivity index (χ0n) is 18.5. The molecule has 3 N–H and O–H groups in total. The monoisotopic (exact) mass is 350 g/mol. The van der Waals surface area contributed by atoms with Gasteiger partial charge in [0.1, 0.15) is 0 Å². The first kappa shape index (κ1) is 31.6. The van der Waals surface area contributed by atoms with Crippen LogP contribution in [-0.4, -0.2) is 35.1 Å². The van der Waals surface area contributed by atoms with Gasteiger partial charge >= 0.3 is 0 Å². The smallest absolute Gasteiger partial charge is 0.0531 e. The van der Waals surface area contributed by atoms with Gasteiger partial charge < -0.3 is 15.3 Å². The van der Waals surface area contributed by atoms with Gasteiger partial charge in [0.2, 0.25) is 0 Å². The highest BCUT2D eigenvalue weighted by molar-refractivity contribution is 4.74. The molecule has 0 aliphatic carbocycles. The first-order chi connectivity index (χ1) is 11.1. The largest absolute Gasteiger partial charge is 0.396 e. The number of hydrogen-bond acceptors (Lipinski definition) is 3. The molecule has 0 aromatic rings. The lowest BCUT2D eigenvalue weighted by Gasteiger charge is -2.24. The van der Waals surface area contributed by atoms with Crippen molar-refractivity contribution in [3.05, 3.63) is 0 Å². The molecule has 0 saturated carbocycles. The van der Waals surface area contributed by atoms with Crippen LogP contribution in [-0.2, 0) is 0 Å². The second-order valence-corrected chi connectivity index (χ2v) is 7.73.